The van der Waals surface area contributed by atoms with E-state index in [2.05, 4.69) is 6.92 Å². The van der Waals surface area contributed by atoms with Gasteiger partial charge in [-0.05, 0) is 12.2 Å². The van der Waals surface area contributed by atoms with Crippen molar-refractivity contribution in [2.45, 2.75) is 32.6 Å². The van der Waals surface area contributed by atoms with Crippen LogP contribution in [0.5, 0.6) is 0 Å². The molecule has 0 aliphatic heterocycles. The zero-order valence-electron chi connectivity index (χ0n) is 8.99. The molecule has 0 heterocycles. The molecule has 0 N–H and O–H groups in total. The average Bonchev–Trinajstić information content (AvgIpc) is 2.01. The van der Waals surface area contributed by atoms with Gasteiger partial charge in [0.25, 0.3) is 0 Å². The van der Waals surface area contributed by atoms with E-state index in [0.717, 1.165) is 12.2 Å². The fraction of sp³-hybridized carbons (Fsp3) is 1.00. The molecule has 0 radical (unpaired) electrons. The monoisotopic (exact) mass is 248 g/mol. The molecular weight excluding hydrogens is 231 g/mol. The summed E-state index contributed by atoms with van der Waals surface area (Å²) in [5.74, 6) is 1.18. The van der Waals surface area contributed by atoms with Crippen LogP contribution in [0.3, 0.4) is 0 Å². The van der Waals surface area contributed by atoms with Crippen LogP contribution in [0.1, 0.15) is 32.6 Å². The molecule has 0 aromatic carbocycles. The fourth-order valence-corrected chi connectivity index (χ4v) is 2.79. The van der Waals surface area contributed by atoms with E-state index in [1.807, 2.05) is 0 Å². The van der Waals surface area contributed by atoms with Crippen LogP contribution in [-0.4, -0.2) is 30.2 Å². The summed E-state index contributed by atoms with van der Waals surface area (Å²) in [4.78, 5) is 0. The van der Waals surface area contributed by atoms with Crippen LogP contribution in [0.15, 0.2) is 0 Å². The Morgan fingerprint density at radius 3 is 2.29 bits per heavy atom. The van der Waals surface area contributed by atoms with E-state index in [-0.39, 0.29) is 35.3 Å². The van der Waals surface area contributed by atoms with Gasteiger partial charge in [-0.15, -0.1) is 0 Å². The molecular formula is C8H17NaO3S2. The van der Waals surface area contributed by atoms with E-state index in [9.17, 15) is 13.0 Å². The molecule has 0 spiro atoms. The van der Waals surface area contributed by atoms with Gasteiger partial charge in [-0.1, -0.05) is 26.2 Å². The maximum Gasteiger partial charge on any atom is 1.00 e. The normalized spacial score (nSPS) is 11.0. The van der Waals surface area contributed by atoms with Gasteiger partial charge in [-0.25, -0.2) is 8.42 Å². The Morgan fingerprint density at radius 2 is 1.79 bits per heavy atom. The molecule has 0 atom stereocenters. The Hall–Kier alpha value is 1.26. The quantitative estimate of drug-likeness (QED) is 0.309. The molecule has 6 heteroatoms. The number of thioether (sulfide) groups is 1. The summed E-state index contributed by atoms with van der Waals surface area (Å²) in [6.45, 7) is 2.15. The average molecular weight is 248 g/mol. The van der Waals surface area contributed by atoms with E-state index < -0.39 is 10.1 Å². The second kappa shape index (κ2) is 10.8. The first-order valence-corrected chi connectivity index (χ1v) is 7.31. The van der Waals surface area contributed by atoms with Gasteiger partial charge >= 0.3 is 29.6 Å². The maximum atomic E-state index is 10.2. The topological polar surface area (TPSA) is 57.2 Å². The standard InChI is InChI=1S/C8H18O3S2.Na/c1-2-3-4-5-6-12-7-8-13(9,10)11;/h2-8H2,1H3,(H,9,10,11);/q;+1/p-1. The molecule has 0 aromatic rings. The number of unbranched alkanes of at least 4 members (excludes halogenated alkanes) is 3. The molecule has 0 aliphatic rings. The number of hydrogen-bond donors (Lipinski definition) is 0. The van der Waals surface area contributed by atoms with Gasteiger partial charge in [0.05, 0.1) is 10.1 Å². The smallest absolute Gasteiger partial charge is 0.748 e. The van der Waals surface area contributed by atoms with Crippen LogP contribution < -0.4 is 29.6 Å². The zero-order valence-corrected chi connectivity index (χ0v) is 12.6. The van der Waals surface area contributed by atoms with Crippen LogP contribution in [0.25, 0.3) is 0 Å². The van der Waals surface area contributed by atoms with Crippen molar-refractivity contribution in [3.63, 3.8) is 0 Å². The fourth-order valence-electron chi connectivity index (χ4n) is 0.894. The predicted molar refractivity (Wildman–Crippen MR) is 56.0 cm³/mol. The summed E-state index contributed by atoms with van der Waals surface area (Å²) in [5.41, 5.74) is 0. The first kappa shape index (κ1) is 17.6. The third-order valence-corrected chi connectivity index (χ3v) is 3.65. The van der Waals surface area contributed by atoms with Crippen molar-refractivity contribution >= 4 is 21.9 Å². The van der Waals surface area contributed by atoms with Crippen LogP contribution in [0.4, 0.5) is 0 Å². The van der Waals surface area contributed by atoms with Crippen LogP contribution in [0, 0.1) is 0 Å². The SMILES string of the molecule is CCCCCCSCCS(=O)(=O)[O-].[Na+]. The summed E-state index contributed by atoms with van der Waals surface area (Å²) < 4.78 is 30.6. The summed E-state index contributed by atoms with van der Waals surface area (Å²) in [7, 11) is -3.99. The van der Waals surface area contributed by atoms with Crippen LogP contribution in [0.2, 0.25) is 0 Å². The summed E-state index contributed by atoms with van der Waals surface area (Å²) in [6, 6.07) is 0. The minimum Gasteiger partial charge on any atom is -0.748 e. The Morgan fingerprint density at radius 1 is 1.14 bits per heavy atom. The van der Waals surface area contributed by atoms with Gasteiger partial charge in [0.15, 0.2) is 0 Å². The summed E-state index contributed by atoms with van der Waals surface area (Å²) in [6.07, 6.45) is 4.77. The molecule has 0 aromatic heterocycles. The van der Waals surface area contributed by atoms with Crippen LogP contribution >= 0.6 is 11.8 Å². The molecule has 0 aliphatic carbocycles. The molecule has 0 rings (SSSR count). The maximum absolute atomic E-state index is 10.2. The van der Waals surface area contributed by atoms with Crippen molar-refractivity contribution in [2.75, 3.05) is 17.3 Å². The van der Waals surface area contributed by atoms with Gasteiger partial charge in [-0.2, -0.15) is 11.8 Å². The molecule has 3 nitrogen and oxygen atoms in total. The van der Waals surface area contributed by atoms with E-state index in [1.165, 1.54) is 19.3 Å². The van der Waals surface area contributed by atoms with Crippen LogP contribution in [-0.2, 0) is 10.1 Å². The minimum atomic E-state index is -3.99. The third-order valence-electron chi connectivity index (χ3n) is 1.62. The van der Waals surface area contributed by atoms with Crippen molar-refractivity contribution in [1.29, 1.82) is 0 Å². The summed E-state index contributed by atoms with van der Waals surface area (Å²) >= 11 is 1.55. The van der Waals surface area contributed by atoms with Gasteiger partial charge in [0.2, 0.25) is 0 Å². The van der Waals surface area contributed by atoms with E-state index >= 15 is 0 Å². The van der Waals surface area contributed by atoms with Crippen molar-refractivity contribution in [1.82, 2.24) is 0 Å². The third kappa shape index (κ3) is 15.7. The second-order valence-corrected chi connectivity index (χ2v) is 5.68. The van der Waals surface area contributed by atoms with E-state index in [0.29, 0.717) is 5.75 Å². The predicted octanol–water partition coefficient (Wildman–Crippen LogP) is -1.15. The molecule has 0 amide bonds. The Kier molecular flexibility index (Phi) is 13.6. The first-order chi connectivity index (χ1) is 6.06. The number of rotatable bonds is 8. The van der Waals surface area contributed by atoms with Gasteiger partial charge in [-0.3, -0.25) is 0 Å². The minimum absolute atomic E-state index is 0. The van der Waals surface area contributed by atoms with Crippen molar-refractivity contribution < 1.29 is 42.5 Å². The first-order valence-electron chi connectivity index (χ1n) is 4.57. The summed E-state index contributed by atoms with van der Waals surface area (Å²) in [5, 5.41) is 0. The molecule has 0 saturated carbocycles. The van der Waals surface area contributed by atoms with Gasteiger partial charge in [0, 0.05) is 11.5 Å². The van der Waals surface area contributed by atoms with E-state index in [4.69, 9.17) is 0 Å². The Bertz CT molecular complexity index is 205. The van der Waals surface area contributed by atoms with Crippen molar-refractivity contribution in [3.8, 4) is 0 Å². The molecule has 0 fully saturated rings. The molecule has 14 heavy (non-hydrogen) atoms. The van der Waals surface area contributed by atoms with Crippen molar-refractivity contribution in [2.24, 2.45) is 0 Å². The van der Waals surface area contributed by atoms with E-state index in [1.54, 1.807) is 11.8 Å². The number of hydrogen-bond acceptors (Lipinski definition) is 4. The molecule has 0 unspecified atom stereocenters. The molecule has 0 saturated heterocycles. The Balaban J connectivity index is 0. The second-order valence-electron chi connectivity index (χ2n) is 2.93. The zero-order chi connectivity index (χ0) is 10.2. The van der Waals surface area contributed by atoms with Gasteiger partial charge < -0.3 is 4.55 Å². The molecule has 0 bridgehead atoms. The molecule has 80 valence electrons. The van der Waals surface area contributed by atoms with Gasteiger partial charge in [0.1, 0.15) is 0 Å². The Labute approximate surface area is 113 Å². The van der Waals surface area contributed by atoms with Crippen molar-refractivity contribution in [3.05, 3.63) is 0 Å². The largest absolute Gasteiger partial charge is 1.00 e.